The Labute approximate surface area is 240 Å². The molecule has 2 aliphatic heterocycles. The molecule has 1 fully saturated rings. The first kappa shape index (κ1) is 26.9. The van der Waals surface area contributed by atoms with Gasteiger partial charge in [-0.25, -0.2) is 0 Å². The van der Waals surface area contributed by atoms with Crippen molar-refractivity contribution < 1.29 is 9.53 Å². The highest BCUT2D eigenvalue weighted by Gasteiger charge is 2.30. The molecule has 41 heavy (non-hydrogen) atoms. The molecule has 8 nitrogen and oxygen atoms in total. The van der Waals surface area contributed by atoms with Gasteiger partial charge in [0, 0.05) is 69.3 Å². The third kappa shape index (κ3) is 4.93. The zero-order valence-electron chi connectivity index (χ0n) is 24.1. The van der Waals surface area contributed by atoms with E-state index in [9.17, 15) is 9.59 Å². The van der Waals surface area contributed by atoms with Gasteiger partial charge in [-0.05, 0) is 73.0 Å². The minimum absolute atomic E-state index is 0.0239. The van der Waals surface area contributed by atoms with Crippen molar-refractivity contribution in [2.75, 3.05) is 39.8 Å². The number of piperazine rings is 1. The van der Waals surface area contributed by atoms with E-state index < -0.39 is 0 Å². The second-order valence-corrected chi connectivity index (χ2v) is 11.0. The zero-order valence-corrected chi connectivity index (χ0v) is 24.1. The third-order valence-corrected chi connectivity index (χ3v) is 8.61. The summed E-state index contributed by atoms with van der Waals surface area (Å²) in [6.45, 7) is 7.72. The lowest BCUT2D eigenvalue weighted by molar-refractivity contribution is -0.140. The summed E-state index contributed by atoms with van der Waals surface area (Å²) < 4.78 is 7.68. The van der Waals surface area contributed by atoms with Crippen LogP contribution in [0.3, 0.4) is 0 Å². The molecule has 1 N–H and O–H groups in total. The standard InChI is InChI=1S/C33H37N5O3/c1-5-37-16-17-38(22(2)32(37)39)18-19-41-26-10-6-23(7-11-26)29-13-9-25-20-24(8-12-30(25)36(29)4)28-21-35(3)33(40)31-27(28)14-15-34-31/h6-15,20-22,30,34H,5,16-19H2,1-4H3/t22-,30?/m1/s1. The third-order valence-electron chi connectivity index (χ3n) is 8.61. The van der Waals surface area contributed by atoms with E-state index in [-0.39, 0.29) is 23.6 Å². The van der Waals surface area contributed by atoms with Gasteiger partial charge in [0.2, 0.25) is 5.91 Å². The van der Waals surface area contributed by atoms with E-state index in [1.54, 1.807) is 11.6 Å². The predicted molar refractivity (Wildman–Crippen MR) is 163 cm³/mol. The van der Waals surface area contributed by atoms with Gasteiger partial charge in [0.15, 0.2) is 0 Å². The normalized spacial score (nSPS) is 21.1. The monoisotopic (exact) mass is 551 g/mol. The number of aromatic nitrogens is 2. The lowest BCUT2D eigenvalue weighted by Gasteiger charge is -2.38. The number of allylic oxidation sites excluding steroid dienone is 4. The molecule has 3 aromatic rings. The fourth-order valence-electron chi connectivity index (χ4n) is 6.12. The molecule has 0 spiro atoms. The van der Waals surface area contributed by atoms with E-state index in [0.717, 1.165) is 59.7 Å². The Balaban J connectivity index is 1.14. The number of aromatic amines is 1. The number of fused-ring (bicyclic) bond motifs is 2. The van der Waals surface area contributed by atoms with Crippen molar-refractivity contribution in [1.82, 2.24) is 24.3 Å². The van der Waals surface area contributed by atoms with Gasteiger partial charge in [0.25, 0.3) is 5.56 Å². The summed E-state index contributed by atoms with van der Waals surface area (Å²) in [5.74, 6) is 1.03. The highest BCUT2D eigenvalue weighted by Crippen LogP contribution is 2.35. The van der Waals surface area contributed by atoms with Crippen LogP contribution in [0.15, 0.2) is 83.5 Å². The number of ether oxygens (including phenoxy) is 1. The SMILES string of the molecule is CCN1CCN(CCOc2ccc(C3=CC=C4C=C(c5cn(C)c(=O)c6[nH]ccc56)C=CC4N3C)cc2)[C@H](C)C1=O. The molecule has 6 rings (SSSR count). The maximum atomic E-state index is 12.5. The van der Waals surface area contributed by atoms with Gasteiger partial charge in [-0.3, -0.25) is 14.5 Å². The molecular weight excluding hydrogens is 514 g/mol. The van der Waals surface area contributed by atoms with Gasteiger partial charge >= 0.3 is 0 Å². The molecule has 4 heterocycles. The van der Waals surface area contributed by atoms with Gasteiger partial charge < -0.3 is 24.1 Å². The topological polar surface area (TPSA) is 73.8 Å². The number of carbonyl (C=O) groups is 1. The van der Waals surface area contributed by atoms with Crippen molar-refractivity contribution in [2.45, 2.75) is 25.9 Å². The molecule has 2 aromatic heterocycles. The van der Waals surface area contributed by atoms with Crippen LogP contribution in [0.25, 0.3) is 22.2 Å². The Kier molecular flexibility index (Phi) is 7.17. The second-order valence-electron chi connectivity index (χ2n) is 11.0. The molecule has 8 heteroatoms. The molecule has 1 amide bonds. The summed E-state index contributed by atoms with van der Waals surface area (Å²) >= 11 is 0. The molecule has 0 saturated carbocycles. The maximum Gasteiger partial charge on any atom is 0.274 e. The highest BCUT2D eigenvalue weighted by molar-refractivity contribution is 5.95. The van der Waals surface area contributed by atoms with Crippen LogP contribution in [-0.2, 0) is 11.8 Å². The average molecular weight is 552 g/mol. The van der Waals surface area contributed by atoms with Crippen molar-refractivity contribution in [2.24, 2.45) is 7.05 Å². The fourth-order valence-corrected chi connectivity index (χ4v) is 6.12. The van der Waals surface area contributed by atoms with Crippen LogP contribution < -0.4 is 10.3 Å². The first-order chi connectivity index (χ1) is 19.9. The quantitative estimate of drug-likeness (QED) is 0.480. The number of amides is 1. The number of hydrogen-bond acceptors (Lipinski definition) is 5. The minimum atomic E-state index is -0.0998. The largest absolute Gasteiger partial charge is 0.492 e. The number of nitrogens with zero attached hydrogens (tertiary/aromatic N) is 4. The van der Waals surface area contributed by atoms with Crippen LogP contribution in [0.4, 0.5) is 0 Å². The van der Waals surface area contributed by atoms with E-state index >= 15 is 0 Å². The van der Waals surface area contributed by atoms with Crippen LogP contribution in [-0.4, -0.2) is 82.1 Å². The van der Waals surface area contributed by atoms with Crippen LogP contribution >= 0.6 is 0 Å². The first-order valence-corrected chi connectivity index (χ1v) is 14.3. The van der Waals surface area contributed by atoms with Crippen LogP contribution in [0.5, 0.6) is 5.75 Å². The van der Waals surface area contributed by atoms with Crippen molar-refractivity contribution in [3.8, 4) is 5.75 Å². The summed E-state index contributed by atoms with van der Waals surface area (Å²) in [5, 5.41) is 0.938. The molecule has 1 aromatic carbocycles. The Morgan fingerprint density at radius 2 is 1.85 bits per heavy atom. The van der Waals surface area contributed by atoms with Crippen LogP contribution in [0.1, 0.15) is 25.0 Å². The van der Waals surface area contributed by atoms with E-state index in [1.165, 1.54) is 5.57 Å². The van der Waals surface area contributed by atoms with Crippen molar-refractivity contribution in [1.29, 1.82) is 0 Å². The Hall–Kier alpha value is -4.30. The zero-order chi connectivity index (χ0) is 28.7. The Morgan fingerprint density at radius 3 is 2.63 bits per heavy atom. The highest BCUT2D eigenvalue weighted by atomic mass is 16.5. The number of aryl methyl sites for hydroxylation is 1. The molecule has 0 radical (unpaired) electrons. The fraction of sp³-hybridized carbons (Fsp3) is 0.333. The summed E-state index contributed by atoms with van der Waals surface area (Å²) in [5.41, 5.74) is 6.21. The molecule has 212 valence electrons. The van der Waals surface area contributed by atoms with E-state index in [0.29, 0.717) is 12.1 Å². The number of benzene rings is 1. The number of nitrogens with one attached hydrogen (secondary N) is 1. The van der Waals surface area contributed by atoms with Gasteiger partial charge in [-0.1, -0.05) is 18.2 Å². The average Bonchev–Trinajstić information content (AvgIpc) is 3.48. The predicted octanol–water partition coefficient (Wildman–Crippen LogP) is 4.03. The summed E-state index contributed by atoms with van der Waals surface area (Å²) in [6, 6.07) is 10.2. The molecule has 1 saturated heterocycles. The van der Waals surface area contributed by atoms with E-state index in [4.69, 9.17) is 4.74 Å². The summed E-state index contributed by atoms with van der Waals surface area (Å²) in [7, 11) is 3.91. The van der Waals surface area contributed by atoms with Crippen molar-refractivity contribution in [3.63, 3.8) is 0 Å². The van der Waals surface area contributed by atoms with Crippen molar-refractivity contribution >= 4 is 28.1 Å². The number of likely N-dealkylation sites (N-methyl/N-ethyl adjacent to an activating group) is 2. The van der Waals surface area contributed by atoms with Crippen molar-refractivity contribution in [3.05, 3.63) is 100 Å². The van der Waals surface area contributed by atoms with Crippen LogP contribution in [0.2, 0.25) is 0 Å². The number of pyridine rings is 1. The number of rotatable bonds is 7. The minimum Gasteiger partial charge on any atom is -0.492 e. The number of H-pyrrole nitrogens is 1. The molecule has 1 aliphatic carbocycles. The molecular formula is C33H37N5O3. The second kappa shape index (κ2) is 10.9. The van der Waals surface area contributed by atoms with E-state index in [2.05, 4.69) is 64.3 Å². The Bertz CT molecular complexity index is 1660. The maximum absolute atomic E-state index is 12.5. The van der Waals surface area contributed by atoms with Gasteiger partial charge in [0.1, 0.15) is 17.9 Å². The van der Waals surface area contributed by atoms with Crippen LogP contribution in [0, 0.1) is 0 Å². The molecule has 3 aliphatic rings. The number of carbonyl (C=O) groups excluding carboxylic acids is 1. The molecule has 0 bridgehead atoms. The van der Waals surface area contributed by atoms with Gasteiger partial charge in [-0.2, -0.15) is 0 Å². The molecule has 1 unspecified atom stereocenters. The van der Waals surface area contributed by atoms with E-state index in [1.807, 2.05) is 49.3 Å². The van der Waals surface area contributed by atoms with Gasteiger partial charge in [-0.15, -0.1) is 0 Å². The summed E-state index contributed by atoms with van der Waals surface area (Å²) in [4.78, 5) is 34.4. The first-order valence-electron chi connectivity index (χ1n) is 14.3. The Morgan fingerprint density at radius 1 is 1.05 bits per heavy atom. The molecule has 2 atom stereocenters. The lowest BCUT2D eigenvalue weighted by atomic mass is 9.89. The van der Waals surface area contributed by atoms with Gasteiger partial charge in [0.05, 0.1) is 12.1 Å². The number of hydrogen-bond donors (Lipinski definition) is 1. The lowest BCUT2D eigenvalue weighted by Crippen LogP contribution is -2.56. The smallest absolute Gasteiger partial charge is 0.274 e. The summed E-state index contributed by atoms with van der Waals surface area (Å²) in [6.07, 6.45) is 14.7.